The van der Waals surface area contributed by atoms with E-state index in [9.17, 15) is 14.4 Å². The lowest BCUT2D eigenvalue weighted by Crippen LogP contribution is -2.62. The first-order chi connectivity index (χ1) is 19.4. The van der Waals surface area contributed by atoms with Crippen LogP contribution in [0.4, 0.5) is 22.1 Å². The summed E-state index contributed by atoms with van der Waals surface area (Å²) in [5, 5.41) is 15.8. The van der Waals surface area contributed by atoms with Crippen LogP contribution in [0.5, 0.6) is 0 Å². The van der Waals surface area contributed by atoms with Crippen LogP contribution >= 0.6 is 11.8 Å². The van der Waals surface area contributed by atoms with Crippen LogP contribution in [-0.4, -0.2) is 57.9 Å². The quantitative estimate of drug-likeness (QED) is 0.326. The summed E-state index contributed by atoms with van der Waals surface area (Å²) < 4.78 is 0. The molecule has 3 fully saturated rings. The molecule has 3 unspecified atom stereocenters. The first-order valence-electron chi connectivity index (χ1n) is 13.6. The largest absolute Gasteiger partial charge is 0.348 e. The molecule has 1 aliphatic carbocycles. The van der Waals surface area contributed by atoms with Crippen molar-refractivity contribution in [3.8, 4) is 0 Å². The molecule has 4 amide bonds. The van der Waals surface area contributed by atoms with E-state index in [2.05, 4.69) is 43.1 Å². The second kappa shape index (κ2) is 10.9. The highest BCUT2D eigenvalue weighted by Crippen LogP contribution is 2.47. The summed E-state index contributed by atoms with van der Waals surface area (Å²) in [6.45, 7) is 6.17. The average molecular weight is 561 g/mol. The third kappa shape index (κ3) is 5.04. The Hall–Kier alpha value is -3.90. The summed E-state index contributed by atoms with van der Waals surface area (Å²) in [6.07, 6.45) is 6.17. The van der Waals surface area contributed by atoms with Gasteiger partial charge in [-0.15, -0.1) is 0 Å². The van der Waals surface area contributed by atoms with Gasteiger partial charge in [-0.2, -0.15) is 0 Å². The van der Waals surface area contributed by atoms with Gasteiger partial charge in [0.05, 0.1) is 28.2 Å². The van der Waals surface area contributed by atoms with Crippen molar-refractivity contribution in [2.75, 3.05) is 16.8 Å². The van der Waals surface area contributed by atoms with Crippen molar-refractivity contribution < 1.29 is 14.4 Å². The van der Waals surface area contributed by atoms with Crippen LogP contribution in [0.25, 0.3) is 0 Å². The number of urea groups is 1. The number of hydrogen-bond acceptors (Lipinski definition) is 8. The number of anilines is 3. The number of rotatable bonds is 7. The molecular weight excluding hydrogens is 528 g/mol. The number of hydrogen-bond donors (Lipinski definition) is 5. The van der Waals surface area contributed by atoms with Crippen molar-refractivity contribution >= 4 is 46.9 Å². The van der Waals surface area contributed by atoms with E-state index < -0.39 is 0 Å². The Kier molecular flexibility index (Phi) is 7.20. The van der Waals surface area contributed by atoms with Crippen molar-refractivity contribution in [3.05, 3.63) is 65.5 Å². The maximum absolute atomic E-state index is 13.5. The van der Waals surface area contributed by atoms with Gasteiger partial charge in [-0.1, -0.05) is 24.4 Å². The number of nitrogens with zero attached hydrogens (tertiary/aromatic N) is 3. The van der Waals surface area contributed by atoms with Crippen LogP contribution in [0.15, 0.2) is 59.8 Å². The zero-order chi connectivity index (χ0) is 27.8. The van der Waals surface area contributed by atoms with E-state index in [1.165, 1.54) is 17.8 Å². The average Bonchev–Trinajstić information content (AvgIpc) is 3.54. The Morgan fingerprint density at radius 1 is 1.15 bits per heavy atom. The fraction of sp³-hybridized carbons (Fsp3) is 0.393. The van der Waals surface area contributed by atoms with Crippen LogP contribution in [0.1, 0.15) is 31.4 Å². The second-order valence-electron chi connectivity index (χ2n) is 10.4. The molecule has 40 heavy (non-hydrogen) atoms. The molecule has 3 aliphatic heterocycles. The molecule has 6 rings (SSSR count). The van der Waals surface area contributed by atoms with Crippen molar-refractivity contribution in [2.24, 2.45) is 5.92 Å². The van der Waals surface area contributed by atoms with Crippen LogP contribution in [0, 0.1) is 12.8 Å². The lowest BCUT2D eigenvalue weighted by molar-refractivity contribution is -0.119. The lowest BCUT2D eigenvalue weighted by Gasteiger charge is -2.45. The maximum atomic E-state index is 13.5. The fourth-order valence-corrected chi connectivity index (χ4v) is 7.43. The summed E-state index contributed by atoms with van der Waals surface area (Å²) in [6, 6.07) is 8.73. The third-order valence-electron chi connectivity index (χ3n) is 7.85. The third-order valence-corrected chi connectivity index (χ3v) is 9.20. The SMILES string of the molecule is C=CC(=O)N[C@H]1CCC[C@H]1NC(=O)C1=C2NC(=O)N(c3ccc(Nc4cccc(C)n4)cn3)C3CCNC(S1)C23. The van der Waals surface area contributed by atoms with E-state index >= 15 is 0 Å². The van der Waals surface area contributed by atoms with Crippen LogP contribution < -0.4 is 31.5 Å². The van der Waals surface area contributed by atoms with E-state index in [4.69, 9.17) is 0 Å². The van der Waals surface area contributed by atoms with Crippen LogP contribution in [0.3, 0.4) is 0 Å². The van der Waals surface area contributed by atoms with Crippen molar-refractivity contribution in [3.63, 3.8) is 0 Å². The van der Waals surface area contributed by atoms with Gasteiger partial charge in [0.15, 0.2) is 0 Å². The number of piperidine rings is 1. The Balaban J connectivity index is 1.19. The monoisotopic (exact) mass is 560 g/mol. The predicted molar refractivity (Wildman–Crippen MR) is 154 cm³/mol. The molecule has 11 nitrogen and oxygen atoms in total. The summed E-state index contributed by atoms with van der Waals surface area (Å²) in [7, 11) is 0. The van der Waals surface area contributed by atoms with Crippen LogP contribution in [0.2, 0.25) is 0 Å². The molecule has 2 saturated heterocycles. The predicted octanol–water partition coefficient (Wildman–Crippen LogP) is 2.66. The fourth-order valence-electron chi connectivity index (χ4n) is 6.03. The van der Waals surface area contributed by atoms with Gasteiger partial charge < -0.3 is 26.6 Å². The Morgan fingerprint density at radius 2 is 1.98 bits per heavy atom. The molecule has 0 bridgehead atoms. The Labute approximate surface area is 236 Å². The molecule has 0 radical (unpaired) electrons. The number of nitrogens with one attached hydrogen (secondary N) is 5. The minimum absolute atomic E-state index is 0.0363. The first-order valence-corrected chi connectivity index (χ1v) is 14.4. The molecule has 0 spiro atoms. The van der Waals surface area contributed by atoms with Gasteiger partial charge in [-0.25, -0.2) is 14.8 Å². The van der Waals surface area contributed by atoms with E-state index in [-0.39, 0.29) is 47.3 Å². The van der Waals surface area contributed by atoms with E-state index in [0.29, 0.717) is 16.4 Å². The number of carbonyl (C=O) groups excluding carboxylic acids is 3. The van der Waals surface area contributed by atoms with Gasteiger partial charge in [0.25, 0.3) is 5.91 Å². The first kappa shape index (κ1) is 26.3. The maximum Gasteiger partial charge on any atom is 0.327 e. The Bertz CT molecular complexity index is 1380. The summed E-state index contributed by atoms with van der Waals surface area (Å²) in [5.74, 6) is 0.743. The second-order valence-corrected chi connectivity index (χ2v) is 11.6. The van der Waals surface area contributed by atoms with E-state index in [0.717, 1.165) is 49.4 Å². The standard InChI is InChI=1S/C28H32N8O3S/c1-3-22(37)33-17-7-5-8-18(17)34-26(38)25-24-23-19(12-13-29-27(23)40-25)36(28(39)35-24)21-11-10-16(14-30-21)32-20-9-4-6-15(2)31-20/h3-4,6,9-11,14,17-19,23,27,29H,1,5,7-8,12-13H2,2H3,(H,31,32)(H,33,37)(H,34,38)(H,35,39)/t17-,18+,19?,23?,27?/m0/s1. The highest BCUT2D eigenvalue weighted by Gasteiger charge is 2.52. The molecule has 1 saturated carbocycles. The number of carbonyl (C=O) groups is 3. The van der Waals surface area contributed by atoms with Gasteiger partial charge in [0, 0.05) is 29.4 Å². The van der Waals surface area contributed by atoms with Crippen molar-refractivity contribution in [2.45, 2.75) is 56.1 Å². The zero-order valence-electron chi connectivity index (χ0n) is 22.1. The van der Waals surface area contributed by atoms with Gasteiger partial charge in [-0.3, -0.25) is 14.5 Å². The molecule has 5 atom stereocenters. The number of aryl methyl sites for hydroxylation is 1. The summed E-state index contributed by atoms with van der Waals surface area (Å²) in [4.78, 5) is 50.1. The summed E-state index contributed by atoms with van der Waals surface area (Å²) in [5.41, 5.74) is 2.35. The van der Waals surface area contributed by atoms with E-state index in [1.807, 2.05) is 37.3 Å². The molecule has 2 aromatic heterocycles. The summed E-state index contributed by atoms with van der Waals surface area (Å²) >= 11 is 1.46. The Morgan fingerprint density at radius 3 is 2.73 bits per heavy atom. The number of amides is 4. The van der Waals surface area contributed by atoms with Gasteiger partial charge in [0.1, 0.15) is 11.6 Å². The normalized spacial score (nSPS) is 27.1. The minimum atomic E-state index is -0.296. The lowest BCUT2D eigenvalue weighted by atomic mass is 9.86. The van der Waals surface area contributed by atoms with E-state index in [1.54, 1.807) is 11.1 Å². The van der Waals surface area contributed by atoms with Crippen molar-refractivity contribution in [1.82, 2.24) is 31.2 Å². The minimum Gasteiger partial charge on any atom is -0.348 e. The molecule has 2 aromatic rings. The van der Waals surface area contributed by atoms with Gasteiger partial charge in [-0.05, 0) is 69.5 Å². The highest BCUT2D eigenvalue weighted by atomic mass is 32.2. The smallest absolute Gasteiger partial charge is 0.327 e. The molecule has 208 valence electrons. The molecule has 12 heteroatoms. The number of aromatic nitrogens is 2. The van der Waals surface area contributed by atoms with Crippen molar-refractivity contribution in [1.29, 1.82) is 0 Å². The molecule has 5 heterocycles. The van der Waals surface area contributed by atoms with Gasteiger partial charge >= 0.3 is 6.03 Å². The number of pyridine rings is 2. The van der Waals surface area contributed by atoms with Gasteiger partial charge in [0.2, 0.25) is 5.91 Å². The zero-order valence-corrected chi connectivity index (χ0v) is 23.0. The molecule has 5 N–H and O–H groups in total. The van der Waals surface area contributed by atoms with Crippen LogP contribution in [-0.2, 0) is 9.59 Å². The molecule has 4 aliphatic rings. The highest BCUT2D eigenvalue weighted by molar-refractivity contribution is 8.04. The topological polar surface area (TPSA) is 140 Å². The molecule has 0 aromatic carbocycles. The number of thioether (sulfide) groups is 1. The molecular formula is C28H32N8O3S.